The lowest BCUT2D eigenvalue weighted by Gasteiger charge is -2.22. The summed E-state index contributed by atoms with van der Waals surface area (Å²) in [5.74, 6) is 0.666. The van der Waals surface area contributed by atoms with Gasteiger partial charge in [-0.05, 0) is 48.7 Å². The number of carbonyl (C=O) groups is 2. The Kier molecular flexibility index (Phi) is 8.77. The van der Waals surface area contributed by atoms with E-state index in [4.69, 9.17) is 14.6 Å². The lowest BCUT2D eigenvalue weighted by molar-refractivity contribution is -0.137. The standard InChI is InChI=1S/C28H31N3O5/c32-27(33)12-6-16-31(19-21-13-14-25-26(18-21)36-20-35-25)17-7-15-29-28(34)30-24-11-5-4-10-23(24)22-8-2-1-3-9-22/h1-5,8-11,13-14,18H,6-7,12,15-17,19-20H2,(H,32,33)(H2,29,30,34). The fourth-order valence-electron chi connectivity index (χ4n) is 4.15. The maximum atomic E-state index is 12.6. The highest BCUT2D eigenvalue weighted by Crippen LogP contribution is 2.33. The van der Waals surface area contributed by atoms with E-state index in [9.17, 15) is 9.59 Å². The molecule has 0 aliphatic carbocycles. The molecule has 3 aromatic rings. The van der Waals surface area contributed by atoms with E-state index in [2.05, 4.69) is 15.5 Å². The van der Waals surface area contributed by atoms with Gasteiger partial charge in [-0.1, -0.05) is 54.6 Å². The topological polar surface area (TPSA) is 100 Å². The molecule has 0 fully saturated rings. The van der Waals surface area contributed by atoms with Gasteiger partial charge < -0.3 is 25.2 Å². The summed E-state index contributed by atoms with van der Waals surface area (Å²) in [7, 11) is 0. The van der Waals surface area contributed by atoms with Crippen molar-refractivity contribution in [3.63, 3.8) is 0 Å². The van der Waals surface area contributed by atoms with E-state index >= 15 is 0 Å². The molecule has 0 unspecified atom stereocenters. The van der Waals surface area contributed by atoms with Crippen LogP contribution in [0.15, 0.2) is 72.8 Å². The summed E-state index contributed by atoms with van der Waals surface area (Å²) < 4.78 is 10.8. The van der Waals surface area contributed by atoms with Crippen molar-refractivity contribution in [3.8, 4) is 22.6 Å². The zero-order valence-corrected chi connectivity index (χ0v) is 20.1. The minimum absolute atomic E-state index is 0.124. The van der Waals surface area contributed by atoms with E-state index in [1.54, 1.807) is 0 Å². The van der Waals surface area contributed by atoms with Gasteiger partial charge in [0.2, 0.25) is 6.79 Å². The van der Waals surface area contributed by atoms with Gasteiger partial charge in [0.1, 0.15) is 0 Å². The van der Waals surface area contributed by atoms with Crippen molar-refractivity contribution in [3.05, 3.63) is 78.4 Å². The lowest BCUT2D eigenvalue weighted by atomic mass is 10.0. The van der Waals surface area contributed by atoms with E-state index in [0.29, 0.717) is 26.1 Å². The first-order valence-corrected chi connectivity index (χ1v) is 12.1. The fraction of sp³-hybridized carbons (Fsp3) is 0.286. The zero-order valence-electron chi connectivity index (χ0n) is 20.1. The van der Waals surface area contributed by atoms with E-state index in [-0.39, 0.29) is 19.2 Å². The normalized spacial score (nSPS) is 11.9. The third-order valence-electron chi connectivity index (χ3n) is 5.90. The number of hydrogen-bond donors (Lipinski definition) is 3. The molecule has 36 heavy (non-hydrogen) atoms. The molecule has 0 saturated heterocycles. The number of benzene rings is 3. The van der Waals surface area contributed by atoms with Gasteiger partial charge in [-0.3, -0.25) is 9.69 Å². The molecule has 0 atom stereocenters. The Balaban J connectivity index is 1.28. The van der Waals surface area contributed by atoms with Crippen molar-refractivity contribution >= 4 is 17.7 Å². The summed E-state index contributed by atoms with van der Waals surface area (Å²) >= 11 is 0. The third kappa shape index (κ3) is 7.23. The van der Waals surface area contributed by atoms with Crippen LogP contribution in [0.5, 0.6) is 11.5 Å². The van der Waals surface area contributed by atoms with Crippen LogP contribution in [0.2, 0.25) is 0 Å². The number of carboxylic acids is 1. The molecule has 3 N–H and O–H groups in total. The molecular weight excluding hydrogens is 458 g/mol. The van der Waals surface area contributed by atoms with Crippen LogP contribution in [0, 0.1) is 0 Å². The lowest BCUT2D eigenvalue weighted by Crippen LogP contribution is -2.33. The minimum Gasteiger partial charge on any atom is -0.481 e. The Bertz CT molecular complexity index is 1170. The second-order valence-corrected chi connectivity index (χ2v) is 8.61. The predicted octanol–water partition coefficient (Wildman–Crippen LogP) is 4.96. The molecule has 4 rings (SSSR count). The molecule has 1 aliphatic rings. The number of fused-ring (bicyclic) bond motifs is 1. The molecule has 0 bridgehead atoms. The SMILES string of the molecule is O=C(O)CCCN(CCCNC(=O)Nc1ccccc1-c1ccccc1)Cc1ccc2c(c1)OCO2. The molecule has 1 heterocycles. The van der Waals surface area contributed by atoms with E-state index in [0.717, 1.165) is 46.8 Å². The van der Waals surface area contributed by atoms with Crippen molar-refractivity contribution in [2.24, 2.45) is 0 Å². The molecule has 8 heteroatoms. The quantitative estimate of drug-likeness (QED) is 0.311. The Hall–Kier alpha value is -4.04. The summed E-state index contributed by atoms with van der Waals surface area (Å²) in [6.45, 7) is 2.75. The fourth-order valence-corrected chi connectivity index (χ4v) is 4.15. The molecule has 0 spiro atoms. The van der Waals surface area contributed by atoms with Gasteiger partial charge in [0.25, 0.3) is 0 Å². The van der Waals surface area contributed by atoms with Crippen LogP contribution < -0.4 is 20.1 Å². The van der Waals surface area contributed by atoms with Crippen LogP contribution in [-0.4, -0.2) is 48.4 Å². The first-order chi connectivity index (χ1) is 17.6. The van der Waals surface area contributed by atoms with E-state index in [1.165, 1.54) is 0 Å². The van der Waals surface area contributed by atoms with Crippen molar-refractivity contribution in [2.45, 2.75) is 25.8 Å². The molecule has 0 radical (unpaired) electrons. The molecule has 8 nitrogen and oxygen atoms in total. The molecule has 1 aliphatic heterocycles. The van der Waals surface area contributed by atoms with Crippen LogP contribution in [0.4, 0.5) is 10.5 Å². The van der Waals surface area contributed by atoms with Gasteiger partial charge in [-0.15, -0.1) is 0 Å². The number of ether oxygens (including phenoxy) is 2. The summed E-state index contributed by atoms with van der Waals surface area (Å²) in [5, 5.41) is 14.9. The highest BCUT2D eigenvalue weighted by atomic mass is 16.7. The van der Waals surface area contributed by atoms with Crippen LogP contribution in [-0.2, 0) is 11.3 Å². The van der Waals surface area contributed by atoms with Gasteiger partial charge in [-0.25, -0.2) is 4.79 Å². The van der Waals surface area contributed by atoms with Gasteiger partial charge in [0.05, 0.1) is 5.69 Å². The number of para-hydroxylation sites is 1. The number of carboxylic acid groups (broad SMARTS) is 1. The molecule has 0 aromatic heterocycles. The van der Waals surface area contributed by atoms with Crippen molar-refractivity contribution in [1.29, 1.82) is 0 Å². The molecule has 2 amide bonds. The highest BCUT2D eigenvalue weighted by Gasteiger charge is 2.15. The van der Waals surface area contributed by atoms with Gasteiger partial charge in [0, 0.05) is 31.6 Å². The average Bonchev–Trinajstić information content (AvgIpc) is 3.35. The Labute approximate surface area is 210 Å². The Morgan fingerprint density at radius 1 is 0.889 bits per heavy atom. The first-order valence-electron chi connectivity index (χ1n) is 12.1. The first kappa shape index (κ1) is 25.1. The van der Waals surface area contributed by atoms with E-state index < -0.39 is 5.97 Å². The number of rotatable bonds is 12. The van der Waals surface area contributed by atoms with Gasteiger partial charge in [0.15, 0.2) is 11.5 Å². The highest BCUT2D eigenvalue weighted by molar-refractivity contribution is 5.94. The number of urea groups is 1. The Morgan fingerprint density at radius 2 is 1.64 bits per heavy atom. The Morgan fingerprint density at radius 3 is 2.47 bits per heavy atom. The van der Waals surface area contributed by atoms with E-state index in [1.807, 2.05) is 72.8 Å². The molecule has 0 saturated carbocycles. The molecule has 3 aromatic carbocycles. The maximum absolute atomic E-state index is 12.6. The number of aliphatic carboxylic acids is 1. The second kappa shape index (κ2) is 12.6. The summed E-state index contributed by atoms with van der Waals surface area (Å²) in [6.07, 6.45) is 1.41. The molecule has 188 valence electrons. The number of amides is 2. The summed E-state index contributed by atoms with van der Waals surface area (Å²) in [4.78, 5) is 25.7. The zero-order chi connectivity index (χ0) is 25.2. The average molecular weight is 490 g/mol. The number of nitrogens with zero attached hydrogens (tertiary/aromatic N) is 1. The minimum atomic E-state index is -0.799. The number of anilines is 1. The number of hydrogen-bond acceptors (Lipinski definition) is 5. The second-order valence-electron chi connectivity index (χ2n) is 8.61. The summed E-state index contributed by atoms with van der Waals surface area (Å²) in [5.41, 5.74) is 3.81. The number of carbonyl (C=O) groups excluding carboxylic acids is 1. The number of nitrogens with one attached hydrogen (secondary N) is 2. The van der Waals surface area contributed by atoms with Gasteiger partial charge in [-0.2, -0.15) is 0 Å². The predicted molar refractivity (Wildman–Crippen MR) is 138 cm³/mol. The molecular formula is C28H31N3O5. The van der Waals surface area contributed by atoms with Crippen molar-refractivity contribution in [1.82, 2.24) is 10.2 Å². The van der Waals surface area contributed by atoms with Crippen LogP contribution in [0.1, 0.15) is 24.8 Å². The smallest absolute Gasteiger partial charge is 0.319 e. The monoisotopic (exact) mass is 489 g/mol. The van der Waals surface area contributed by atoms with Crippen LogP contribution >= 0.6 is 0 Å². The third-order valence-corrected chi connectivity index (χ3v) is 5.90. The van der Waals surface area contributed by atoms with Crippen molar-refractivity contribution < 1.29 is 24.2 Å². The van der Waals surface area contributed by atoms with Crippen LogP contribution in [0.25, 0.3) is 11.1 Å². The van der Waals surface area contributed by atoms with Crippen LogP contribution in [0.3, 0.4) is 0 Å². The maximum Gasteiger partial charge on any atom is 0.319 e. The largest absolute Gasteiger partial charge is 0.481 e. The summed E-state index contributed by atoms with van der Waals surface area (Å²) in [6, 6.07) is 23.2. The van der Waals surface area contributed by atoms with Crippen molar-refractivity contribution in [2.75, 3.05) is 31.7 Å². The van der Waals surface area contributed by atoms with Gasteiger partial charge >= 0.3 is 12.0 Å².